The monoisotopic (exact) mass is 288 g/mol. The van der Waals surface area contributed by atoms with Gasteiger partial charge in [0.05, 0.1) is 22.5 Å². The van der Waals surface area contributed by atoms with E-state index in [1.54, 1.807) is 25.4 Å². The Hall–Kier alpha value is -1.66. The van der Waals surface area contributed by atoms with Crippen LogP contribution in [-0.4, -0.2) is 36.3 Å². The summed E-state index contributed by atoms with van der Waals surface area (Å²) in [6.45, 7) is 8.04. The molecule has 112 valence electrons. The molecule has 0 radical (unpaired) electrons. The third kappa shape index (κ3) is 3.33. The maximum absolute atomic E-state index is 11.4. The predicted molar refractivity (Wildman–Crippen MR) is 82.7 cm³/mol. The molecule has 1 aliphatic rings. The van der Waals surface area contributed by atoms with Crippen molar-refractivity contribution < 1.29 is 14.1 Å². The summed E-state index contributed by atoms with van der Waals surface area (Å²) in [4.78, 5) is 15.6. The van der Waals surface area contributed by atoms with Crippen LogP contribution in [-0.2, 0) is 9.31 Å². The molecule has 21 heavy (non-hydrogen) atoms. The summed E-state index contributed by atoms with van der Waals surface area (Å²) in [7, 11) is 1.20. The van der Waals surface area contributed by atoms with Gasteiger partial charge in [-0.15, -0.1) is 0 Å². The SMILES string of the molecule is CNC(=O)c1ccc(/C=C/B2OC(C)(C)C(C)(C)O2)nc1. The van der Waals surface area contributed by atoms with E-state index in [2.05, 4.69) is 10.3 Å². The summed E-state index contributed by atoms with van der Waals surface area (Å²) in [5, 5.41) is 2.56. The van der Waals surface area contributed by atoms with Crippen LogP contribution < -0.4 is 5.32 Å². The molecular formula is C15H21BN2O3. The highest BCUT2D eigenvalue weighted by Crippen LogP contribution is 2.36. The van der Waals surface area contributed by atoms with E-state index in [1.165, 1.54) is 0 Å². The lowest BCUT2D eigenvalue weighted by atomic mass is 9.89. The number of carbonyl (C=O) groups is 1. The van der Waals surface area contributed by atoms with Gasteiger partial charge in [-0.2, -0.15) is 0 Å². The number of aromatic nitrogens is 1. The van der Waals surface area contributed by atoms with Crippen LogP contribution in [0.15, 0.2) is 24.3 Å². The zero-order chi connectivity index (χ0) is 15.7. The average Bonchev–Trinajstić information content (AvgIpc) is 2.64. The van der Waals surface area contributed by atoms with Gasteiger partial charge in [0.15, 0.2) is 0 Å². The lowest BCUT2D eigenvalue weighted by Gasteiger charge is -2.32. The van der Waals surface area contributed by atoms with Gasteiger partial charge < -0.3 is 14.6 Å². The lowest BCUT2D eigenvalue weighted by molar-refractivity contribution is 0.00578. The van der Waals surface area contributed by atoms with Crippen LogP contribution in [0.3, 0.4) is 0 Å². The topological polar surface area (TPSA) is 60.5 Å². The zero-order valence-electron chi connectivity index (χ0n) is 13.1. The lowest BCUT2D eigenvalue weighted by Crippen LogP contribution is -2.41. The second kappa shape index (κ2) is 5.62. The van der Waals surface area contributed by atoms with Gasteiger partial charge in [-0.3, -0.25) is 9.78 Å². The number of nitrogens with zero attached hydrogens (tertiary/aromatic N) is 1. The predicted octanol–water partition coefficient (Wildman–Crippen LogP) is 2.09. The smallest absolute Gasteiger partial charge is 0.400 e. The molecule has 1 fully saturated rings. The van der Waals surface area contributed by atoms with Crippen LogP contribution in [0, 0.1) is 0 Å². The number of nitrogens with one attached hydrogen (secondary N) is 1. The van der Waals surface area contributed by atoms with Crippen molar-refractivity contribution in [2.24, 2.45) is 0 Å². The molecule has 1 aliphatic heterocycles. The largest absolute Gasteiger partial charge is 0.487 e. The summed E-state index contributed by atoms with van der Waals surface area (Å²) in [5.41, 5.74) is 0.583. The molecule has 0 aliphatic carbocycles. The molecule has 6 heteroatoms. The van der Waals surface area contributed by atoms with Crippen LogP contribution in [0.2, 0.25) is 0 Å². The first-order valence-corrected chi connectivity index (χ1v) is 6.97. The van der Waals surface area contributed by atoms with E-state index in [0.29, 0.717) is 5.56 Å². The standard InChI is InChI=1S/C15H21BN2O3/c1-14(2)15(3,4)21-16(20-14)9-8-12-7-6-11(10-18-12)13(19)17-5/h6-10H,1-5H3,(H,17,19)/b9-8+. The molecule has 0 saturated carbocycles. The third-order valence-electron chi connectivity index (χ3n) is 3.97. The van der Waals surface area contributed by atoms with E-state index in [1.807, 2.05) is 39.7 Å². The van der Waals surface area contributed by atoms with Crippen molar-refractivity contribution in [3.05, 3.63) is 35.6 Å². The van der Waals surface area contributed by atoms with Crippen LogP contribution >= 0.6 is 0 Å². The number of pyridine rings is 1. The molecular weight excluding hydrogens is 267 g/mol. The Bertz CT molecular complexity index is 537. The summed E-state index contributed by atoms with van der Waals surface area (Å²) in [6, 6.07) is 3.52. The molecule has 2 heterocycles. The van der Waals surface area contributed by atoms with Crippen molar-refractivity contribution in [1.29, 1.82) is 0 Å². The third-order valence-corrected chi connectivity index (χ3v) is 3.97. The quantitative estimate of drug-likeness (QED) is 0.865. The minimum Gasteiger partial charge on any atom is -0.400 e. The maximum Gasteiger partial charge on any atom is 0.487 e. The molecule has 0 spiro atoms. The van der Waals surface area contributed by atoms with Crippen molar-refractivity contribution in [2.45, 2.75) is 38.9 Å². The van der Waals surface area contributed by atoms with Crippen molar-refractivity contribution >= 4 is 19.1 Å². The molecule has 0 unspecified atom stereocenters. The first-order valence-electron chi connectivity index (χ1n) is 6.97. The zero-order valence-corrected chi connectivity index (χ0v) is 13.1. The minimum atomic E-state index is -0.393. The molecule has 2 rings (SSSR count). The fourth-order valence-electron chi connectivity index (χ4n) is 1.93. The first kappa shape index (κ1) is 15.7. The Kier molecular flexibility index (Phi) is 4.21. The van der Waals surface area contributed by atoms with E-state index in [-0.39, 0.29) is 17.1 Å². The first-order chi connectivity index (χ1) is 9.75. The van der Waals surface area contributed by atoms with Crippen LogP contribution in [0.1, 0.15) is 43.7 Å². The highest BCUT2D eigenvalue weighted by atomic mass is 16.7. The number of hydrogen-bond acceptors (Lipinski definition) is 4. The molecule has 0 bridgehead atoms. The van der Waals surface area contributed by atoms with Crippen LogP contribution in [0.25, 0.3) is 6.08 Å². The number of amides is 1. The number of hydrogen-bond donors (Lipinski definition) is 1. The number of rotatable bonds is 3. The Balaban J connectivity index is 2.04. The van der Waals surface area contributed by atoms with E-state index >= 15 is 0 Å². The Morgan fingerprint density at radius 3 is 2.33 bits per heavy atom. The molecule has 1 aromatic rings. The fraction of sp³-hybridized carbons (Fsp3) is 0.467. The van der Waals surface area contributed by atoms with Crippen molar-refractivity contribution in [1.82, 2.24) is 10.3 Å². The van der Waals surface area contributed by atoms with Gasteiger partial charge in [0.2, 0.25) is 0 Å². The number of carbonyl (C=O) groups excluding carboxylic acids is 1. The maximum atomic E-state index is 11.4. The molecule has 1 aromatic heterocycles. The van der Waals surface area contributed by atoms with Gasteiger partial charge in [0, 0.05) is 13.2 Å². The molecule has 1 saturated heterocycles. The molecule has 0 atom stereocenters. The van der Waals surface area contributed by atoms with Crippen molar-refractivity contribution in [3.63, 3.8) is 0 Å². The van der Waals surface area contributed by atoms with E-state index < -0.39 is 7.12 Å². The summed E-state index contributed by atoms with van der Waals surface area (Å²) < 4.78 is 11.7. The molecule has 0 aromatic carbocycles. The molecule has 1 amide bonds. The van der Waals surface area contributed by atoms with Gasteiger partial charge >= 0.3 is 7.12 Å². The Morgan fingerprint density at radius 2 is 1.86 bits per heavy atom. The summed E-state index contributed by atoms with van der Waals surface area (Å²) in [6.07, 6.45) is 3.37. The van der Waals surface area contributed by atoms with E-state index in [0.717, 1.165) is 5.69 Å². The van der Waals surface area contributed by atoms with Crippen molar-refractivity contribution in [2.75, 3.05) is 7.05 Å². The Labute approximate surface area is 125 Å². The second-order valence-electron chi connectivity index (χ2n) is 6.03. The highest BCUT2D eigenvalue weighted by molar-refractivity contribution is 6.52. The summed E-state index contributed by atoms with van der Waals surface area (Å²) in [5.74, 6) is 1.68. The van der Waals surface area contributed by atoms with E-state index in [4.69, 9.17) is 9.31 Å². The average molecular weight is 288 g/mol. The Morgan fingerprint density at radius 1 is 1.24 bits per heavy atom. The van der Waals surface area contributed by atoms with Gasteiger partial charge in [-0.25, -0.2) is 0 Å². The van der Waals surface area contributed by atoms with Crippen molar-refractivity contribution in [3.8, 4) is 0 Å². The summed E-state index contributed by atoms with van der Waals surface area (Å²) >= 11 is 0. The molecule has 5 nitrogen and oxygen atoms in total. The van der Waals surface area contributed by atoms with Gasteiger partial charge in [0.1, 0.15) is 0 Å². The van der Waals surface area contributed by atoms with Gasteiger partial charge in [-0.1, -0.05) is 5.98 Å². The van der Waals surface area contributed by atoms with Gasteiger partial charge in [0.25, 0.3) is 5.91 Å². The van der Waals surface area contributed by atoms with Crippen LogP contribution in [0.4, 0.5) is 0 Å². The van der Waals surface area contributed by atoms with Gasteiger partial charge in [-0.05, 0) is 45.9 Å². The second-order valence-corrected chi connectivity index (χ2v) is 6.03. The van der Waals surface area contributed by atoms with Crippen LogP contribution in [0.5, 0.6) is 0 Å². The fourth-order valence-corrected chi connectivity index (χ4v) is 1.93. The minimum absolute atomic E-state index is 0.149. The molecule has 1 N–H and O–H groups in total. The van der Waals surface area contributed by atoms with E-state index in [9.17, 15) is 4.79 Å². The highest BCUT2D eigenvalue weighted by Gasteiger charge is 2.49. The normalized spacial score (nSPS) is 20.0.